The van der Waals surface area contributed by atoms with E-state index < -0.39 is 12.4 Å². The largest absolute Gasteiger partial charge is 0.573 e. The van der Waals surface area contributed by atoms with E-state index in [2.05, 4.69) is 56.9 Å². The molecule has 5 rings (SSSR count). The fourth-order valence-corrected chi connectivity index (χ4v) is 6.08. The Kier molecular flexibility index (Phi) is 10.0. The number of urea groups is 1. The molecule has 0 aliphatic carbocycles. The second kappa shape index (κ2) is 14.1. The number of aliphatic imine (C=N–C) groups is 1. The average Bonchev–Trinajstić information content (AvgIpc) is 3.51. The minimum absolute atomic E-state index is 0.158. The van der Waals surface area contributed by atoms with Crippen molar-refractivity contribution in [3.05, 3.63) is 90.4 Å². The Morgan fingerprint density at radius 3 is 2.48 bits per heavy atom. The third kappa shape index (κ3) is 8.08. The molecule has 1 aliphatic rings. The summed E-state index contributed by atoms with van der Waals surface area (Å²) in [7, 11) is 1.64. The highest BCUT2D eigenvalue weighted by Gasteiger charge is 2.31. The molecule has 1 N–H and O–H groups in total. The second-order valence-electron chi connectivity index (χ2n) is 10.8. The van der Waals surface area contributed by atoms with Crippen LogP contribution in [0.15, 0.2) is 84.2 Å². The third-order valence-electron chi connectivity index (χ3n) is 7.21. The summed E-state index contributed by atoms with van der Waals surface area (Å²) in [6.45, 7) is 6.41. The van der Waals surface area contributed by atoms with Crippen molar-refractivity contribution >= 4 is 34.7 Å². The molecule has 0 spiro atoms. The summed E-state index contributed by atoms with van der Waals surface area (Å²) in [6.07, 6.45) is 0.983. The average molecular weight is 651 g/mol. The summed E-state index contributed by atoms with van der Waals surface area (Å²) in [5.74, 6) is 2.01. The van der Waals surface area contributed by atoms with E-state index in [1.165, 1.54) is 35.3 Å². The van der Waals surface area contributed by atoms with Crippen molar-refractivity contribution < 1.29 is 27.4 Å². The summed E-state index contributed by atoms with van der Waals surface area (Å²) in [6, 6.07) is 18.4. The van der Waals surface area contributed by atoms with Crippen LogP contribution in [-0.2, 0) is 0 Å². The molecule has 3 aromatic carbocycles. The lowest BCUT2D eigenvalue weighted by atomic mass is 9.99. The fourth-order valence-electron chi connectivity index (χ4n) is 4.87. The summed E-state index contributed by atoms with van der Waals surface area (Å²) in [5.41, 5.74) is 4.24. The number of thioether (sulfide) groups is 1. The number of carbonyl (C=O) groups is 1. The van der Waals surface area contributed by atoms with E-state index in [9.17, 15) is 18.0 Å². The Bertz CT molecular complexity index is 1720. The quantitative estimate of drug-likeness (QED) is 0.206. The highest BCUT2D eigenvalue weighted by atomic mass is 32.2. The van der Waals surface area contributed by atoms with E-state index in [0.29, 0.717) is 16.7 Å². The van der Waals surface area contributed by atoms with Gasteiger partial charge in [-0.05, 0) is 66.8 Å². The number of rotatable bonds is 8. The predicted molar refractivity (Wildman–Crippen MR) is 175 cm³/mol. The normalized spacial score (nSPS) is 16.3. The number of aromatic nitrogens is 3. The topological polar surface area (TPSA) is 93.9 Å². The molecule has 9 nitrogen and oxygen atoms in total. The number of hydrogen-bond donors (Lipinski definition) is 1. The van der Waals surface area contributed by atoms with Crippen LogP contribution in [0.4, 0.5) is 23.7 Å². The van der Waals surface area contributed by atoms with Crippen LogP contribution in [0.2, 0.25) is 0 Å². The molecule has 2 heterocycles. The summed E-state index contributed by atoms with van der Waals surface area (Å²) >= 11 is 1.55. The molecule has 46 heavy (non-hydrogen) atoms. The Morgan fingerprint density at radius 2 is 1.80 bits per heavy atom. The molecule has 1 saturated heterocycles. The van der Waals surface area contributed by atoms with Crippen molar-refractivity contribution in [3.63, 3.8) is 0 Å². The number of amides is 2. The Balaban J connectivity index is 1.23. The van der Waals surface area contributed by atoms with Gasteiger partial charge in [-0.2, -0.15) is 4.99 Å². The SMILES string of the molecule is COc1ccc(C(C)C)c(N2/C(=N/C(=O)N/C=C/c3ccc(-c4ncn(-c5ccc(OC(F)(F)F)cc5)n4)cc3)SCCC2C)c1. The van der Waals surface area contributed by atoms with Gasteiger partial charge in [0.05, 0.1) is 18.5 Å². The number of carbonyl (C=O) groups excluding carboxylic acids is 1. The van der Waals surface area contributed by atoms with E-state index in [1.807, 2.05) is 36.4 Å². The zero-order valence-electron chi connectivity index (χ0n) is 25.7. The van der Waals surface area contributed by atoms with Crippen molar-refractivity contribution in [3.8, 4) is 28.6 Å². The molecule has 13 heteroatoms. The minimum atomic E-state index is -4.76. The van der Waals surface area contributed by atoms with Crippen LogP contribution in [0.1, 0.15) is 44.2 Å². The molecule has 4 aromatic rings. The molecule has 0 saturated carbocycles. The molecule has 1 aromatic heterocycles. The number of halogens is 3. The first-order valence-electron chi connectivity index (χ1n) is 14.5. The van der Waals surface area contributed by atoms with Gasteiger partial charge < -0.3 is 19.7 Å². The minimum Gasteiger partial charge on any atom is -0.497 e. The number of methoxy groups -OCH3 is 1. The first-order valence-corrected chi connectivity index (χ1v) is 15.5. The molecule has 1 fully saturated rings. The molecule has 1 atom stereocenters. The molecular formula is C33H33F3N6O3S. The number of anilines is 1. The maximum Gasteiger partial charge on any atom is 0.573 e. The number of benzene rings is 3. The fraction of sp³-hybridized carbons (Fsp3) is 0.273. The van der Waals surface area contributed by atoms with Gasteiger partial charge in [0.25, 0.3) is 0 Å². The van der Waals surface area contributed by atoms with Gasteiger partial charge >= 0.3 is 12.4 Å². The first-order chi connectivity index (χ1) is 22.0. The van der Waals surface area contributed by atoms with Crippen LogP contribution >= 0.6 is 11.8 Å². The number of ether oxygens (including phenoxy) is 2. The molecule has 0 bridgehead atoms. The molecule has 1 aliphatic heterocycles. The zero-order valence-corrected chi connectivity index (χ0v) is 26.5. The molecule has 0 radical (unpaired) electrons. The maximum absolute atomic E-state index is 12.9. The zero-order chi connectivity index (χ0) is 32.8. The lowest BCUT2D eigenvalue weighted by Crippen LogP contribution is -2.42. The van der Waals surface area contributed by atoms with E-state index in [0.717, 1.165) is 40.3 Å². The highest BCUT2D eigenvalue weighted by molar-refractivity contribution is 8.14. The lowest BCUT2D eigenvalue weighted by molar-refractivity contribution is -0.274. The molecule has 240 valence electrons. The van der Waals surface area contributed by atoms with Crippen molar-refractivity contribution in [2.24, 2.45) is 4.99 Å². The van der Waals surface area contributed by atoms with Crippen molar-refractivity contribution in [1.82, 2.24) is 20.1 Å². The summed E-state index contributed by atoms with van der Waals surface area (Å²) in [4.78, 5) is 23.7. The number of alkyl halides is 3. The predicted octanol–water partition coefficient (Wildman–Crippen LogP) is 8.03. The Morgan fingerprint density at radius 1 is 1.09 bits per heavy atom. The number of nitrogens with zero attached hydrogens (tertiary/aromatic N) is 5. The van der Waals surface area contributed by atoms with Gasteiger partial charge in [0, 0.05) is 29.6 Å². The summed E-state index contributed by atoms with van der Waals surface area (Å²) in [5, 5.41) is 7.80. The first kappa shape index (κ1) is 32.6. The Hall–Kier alpha value is -4.78. The van der Waals surface area contributed by atoms with Crippen molar-refractivity contribution in [1.29, 1.82) is 0 Å². The number of nitrogens with one attached hydrogen (secondary N) is 1. The van der Waals surface area contributed by atoms with Crippen molar-refractivity contribution in [2.45, 2.75) is 45.5 Å². The standard InChI is InChI=1S/C33H33F3N6O3S/c1-21(2)28-14-13-27(44-4)19-29(28)42-22(3)16-18-46-32(42)39-31(43)37-17-15-23-5-7-24(8-6-23)30-38-20-41(40-30)25-9-11-26(12-10-25)45-33(34,35)36/h5-15,17,19-22H,16,18H2,1-4H3,(H,37,43)/b17-15+,39-32-. The monoisotopic (exact) mass is 650 g/mol. The molecular weight excluding hydrogens is 617 g/mol. The van der Waals surface area contributed by atoms with Gasteiger partial charge in [0.1, 0.15) is 17.8 Å². The van der Waals surface area contributed by atoms with Crippen LogP contribution in [0.3, 0.4) is 0 Å². The van der Waals surface area contributed by atoms with Crippen molar-refractivity contribution in [2.75, 3.05) is 17.8 Å². The maximum atomic E-state index is 12.9. The Labute approximate surface area is 269 Å². The van der Waals surface area contributed by atoms with Gasteiger partial charge in [-0.1, -0.05) is 55.9 Å². The van der Waals surface area contributed by atoms with E-state index in [-0.39, 0.29) is 17.7 Å². The van der Waals surface area contributed by atoms with Gasteiger partial charge in [0.2, 0.25) is 0 Å². The highest BCUT2D eigenvalue weighted by Crippen LogP contribution is 2.37. The number of hydrogen-bond acceptors (Lipinski definition) is 6. The summed E-state index contributed by atoms with van der Waals surface area (Å²) < 4.78 is 48.1. The van der Waals surface area contributed by atoms with Crippen LogP contribution < -0.4 is 19.7 Å². The van der Waals surface area contributed by atoms with E-state index in [4.69, 9.17) is 4.74 Å². The van der Waals surface area contributed by atoms with E-state index >= 15 is 0 Å². The van der Waals surface area contributed by atoms with Crippen LogP contribution in [0, 0.1) is 0 Å². The smallest absolute Gasteiger partial charge is 0.497 e. The van der Waals surface area contributed by atoms with E-state index in [1.54, 1.807) is 31.1 Å². The van der Waals surface area contributed by atoms with Crippen LogP contribution in [-0.4, -0.2) is 51.2 Å². The van der Waals surface area contributed by atoms with Crippen LogP contribution in [0.5, 0.6) is 11.5 Å². The van der Waals surface area contributed by atoms with Gasteiger partial charge in [0.15, 0.2) is 11.0 Å². The molecule has 2 amide bonds. The van der Waals surface area contributed by atoms with Crippen LogP contribution in [0.25, 0.3) is 23.2 Å². The number of amidine groups is 1. The van der Waals surface area contributed by atoms with Gasteiger partial charge in [-0.3, -0.25) is 0 Å². The molecule has 1 unspecified atom stereocenters. The third-order valence-corrected chi connectivity index (χ3v) is 8.19. The van der Waals surface area contributed by atoms with Gasteiger partial charge in [-0.25, -0.2) is 14.5 Å². The lowest BCUT2D eigenvalue weighted by Gasteiger charge is -2.37. The van der Waals surface area contributed by atoms with Gasteiger partial charge in [-0.15, -0.1) is 18.3 Å². The second-order valence-corrected chi connectivity index (χ2v) is 11.9.